The molecule has 0 aromatic carbocycles. The maximum atomic E-state index is 13.4. The van der Waals surface area contributed by atoms with Crippen LogP contribution in [0.2, 0.25) is 0 Å². The molecular weight excluding hydrogens is 254 g/mol. The molecule has 98 valence electrons. The van der Waals surface area contributed by atoms with E-state index >= 15 is 0 Å². The van der Waals surface area contributed by atoms with Crippen LogP contribution in [0.5, 0.6) is 0 Å². The zero-order valence-corrected chi connectivity index (χ0v) is 9.94. The molecule has 1 rings (SSSR count). The minimum atomic E-state index is -1.36. The van der Waals surface area contributed by atoms with E-state index < -0.39 is 23.2 Å². The molecule has 1 aromatic rings. The predicted molar refractivity (Wildman–Crippen MR) is 60.5 cm³/mol. The fourth-order valence-corrected chi connectivity index (χ4v) is 1.44. The number of carbonyl (C=O) groups is 1. The highest BCUT2D eigenvalue weighted by Crippen LogP contribution is 2.12. The number of hydrogen-bond donors (Lipinski definition) is 0. The summed E-state index contributed by atoms with van der Waals surface area (Å²) in [6, 6.07) is 4.76. The van der Waals surface area contributed by atoms with Crippen molar-refractivity contribution < 1.29 is 13.6 Å². The van der Waals surface area contributed by atoms with E-state index in [0.29, 0.717) is 0 Å². The van der Waals surface area contributed by atoms with E-state index in [4.69, 9.17) is 10.5 Å². The van der Waals surface area contributed by atoms with E-state index in [1.54, 1.807) is 0 Å². The zero-order valence-electron chi connectivity index (χ0n) is 9.94. The van der Waals surface area contributed by atoms with Gasteiger partial charge in [0.2, 0.25) is 5.95 Å². The van der Waals surface area contributed by atoms with Gasteiger partial charge in [0.15, 0.2) is 5.82 Å². The first-order valence-electron chi connectivity index (χ1n) is 5.45. The van der Waals surface area contributed by atoms with Crippen LogP contribution in [-0.4, -0.2) is 28.9 Å². The minimum Gasteiger partial charge on any atom is -0.336 e. The summed E-state index contributed by atoms with van der Waals surface area (Å²) in [4.78, 5) is 16.2. The maximum Gasteiger partial charge on any atom is 0.257 e. The largest absolute Gasteiger partial charge is 0.336 e. The standard InChI is InChI=1S/C12H10F2N4O/c13-10-9(3-6-17-11(10)14)12(19)18(7-1-4-15)8-2-5-16/h3,6H,1-2,7-8H2. The summed E-state index contributed by atoms with van der Waals surface area (Å²) in [7, 11) is 0. The van der Waals surface area contributed by atoms with Crippen LogP contribution in [-0.2, 0) is 0 Å². The summed E-state index contributed by atoms with van der Waals surface area (Å²) in [5, 5.41) is 17.0. The topological polar surface area (TPSA) is 80.8 Å². The van der Waals surface area contributed by atoms with Gasteiger partial charge in [0.25, 0.3) is 5.91 Å². The first-order chi connectivity index (χ1) is 9.11. The summed E-state index contributed by atoms with van der Waals surface area (Å²) in [6.07, 6.45) is 1.08. The molecule has 0 aliphatic heterocycles. The number of nitriles is 2. The van der Waals surface area contributed by atoms with Crippen LogP contribution < -0.4 is 0 Å². The Kier molecular flexibility index (Phi) is 5.36. The molecule has 0 aliphatic rings. The third-order valence-corrected chi connectivity index (χ3v) is 2.35. The fraction of sp³-hybridized carbons (Fsp3) is 0.333. The average Bonchev–Trinajstić information content (AvgIpc) is 2.41. The van der Waals surface area contributed by atoms with Gasteiger partial charge in [0, 0.05) is 19.3 Å². The van der Waals surface area contributed by atoms with Crippen LogP contribution in [0.4, 0.5) is 8.78 Å². The predicted octanol–water partition coefficient (Wildman–Crippen LogP) is 1.63. The lowest BCUT2D eigenvalue weighted by Crippen LogP contribution is -2.33. The molecule has 0 aliphatic carbocycles. The van der Waals surface area contributed by atoms with Crippen molar-refractivity contribution in [1.82, 2.24) is 9.88 Å². The highest BCUT2D eigenvalue weighted by molar-refractivity contribution is 5.94. The summed E-state index contributed by atoms with van der Waals surface area (Å²) in [5.74, 6) is -3.44. The quantitative estimate of drug-likeness (QED) is 0.757. The Hall–Kier alpha value is -2.54. The lowest BCUT2D eigenvalue weighted by atomic mass is 10.2. The first kappa shape index (κ1) is 14.5. The smallest absolute Gasteiger partial charge is 0.257 e. The van der Waals surface area contributed by atoms with E-state index in [1.165, 1.54) is 0 Å². The van der Waals surface area contributed by atoms with E-state index in [-0.39, 0.29) is 25.9 Å². The minimum absolute atomic E-state index is 0.0480. The molecule has 0 radical (unpaired) electrons. The van der Waals surface area contributed by atoms with Crippen molar-refractivity contribution in [3.8, 4) is 12.1 Å². The van der Waals surface area contributed by atoms with Crippen LogP contribution >= 0.6 is 0 Å². The highest BCUT2D eigenvalue weighted by atomic mass is 19.2. The van der Waals surface area contributed by atoms with Crippen LogP contribution in [0.1, 0.15) is 23.2 Å². The molecule has 0 saturated heterocycles. The third kappa shape index (κ3) is 3.71. The lowest BCUT2D eigenvalue weighted by Gasteiger charge is -2.20. The highest BCUT2D eigenvalue weighted by Gasteiger charge is 2.21. The van der Waals surface area contributed by atoms with Crippen molar-refractivity contribution in [2.75, 3.05) is 13.1 Å². The van der Waals surface area contributed by atoms with Gasteiger partial charge in [0.05, 0.1) is 30.5 Å². The summed E-state index contributed by atoms with van der Waals surface area (Å²) >= 11 is 0. The van der Waals surface area contributed by atoms with Crippen molar-refractivity contribution in [3.05, 3.63) is 29.6 Å². The second kappa shape index (κ2) is 7.02. The number of amides is 1. The number of halogens is 2. The number of nitrogens with zero attached hydrogens (tertiary/aromatic N) is 4. The number of carbonyl (C=O) groups excluding carboxylic acids is 1. The number of rotatable bonds is 5. The Morgan fingerprint density at radius 2 is 1.84 bits per heavy atom. The molecule has 1 aromatic heterocycles. The van der Waals surface area contributed by atoms with Gasteiger partial charge in [-0.15, -0.1) is 0 Å². The van der Waals surface area contributed by atoms with Crippen molar-refractivity contribution in [3.63, 3.8) is 0 Å². The van der Waals surface area contributed by atoms with Crippen molar-refractivity contribution in [2.24, 2.45) is 0 Å². The van der Waals surface area contributed by atoms with Gasteiger partial charge in [-0.1, -0.05) is 0 Å². The van der Waals surface area contributed by atoms with E-state index in [2.05, 4.69) is 4.98 Å². The first-order valence-corrected chi connectivity index (χ1v) is 5.45. The van der Waals surface area contributed by atoms with E-state index in [9.17, 15) is 13.6 Å². The number of hydrogen-bond acceptors (Lipinski definition) is 4. The van der Waals surface area contributed by atoms with Gasteiger partial charge in [-0.25, -0.2) is 9.37 Å². The van der Waals surface area contributed by atoms with E-state index in [1.807, 2.05) is 12.1 Å². The molecule has 0 saturated carbocycles. The number of aromatic nitrogens is 1. The van der Waals surface area contributed by atoms with Crippen molar-refractivity contribution in [2.45, 2.75) is 12.8 Å². The number of pyridine rings is 1. The Morgan fingerprint density at radius 3 is 2.37 bits per heavy atom. The summed E-state index contributed by atoms with van der Waals surface area (Å²) in [6.45, 7) is 0.112. The Bertz CT molecular complexity index is 530. The van der Waals surface area contributed by atoms with Crippen molar-refractivity contribution >= 4 is 5.91 Å². The van der Waals surface area contributed by atoms with Gasteiger partial charge < -0.3 is 4.90 Å². The molecule has 0 bridgehead atoms. The van der Waals surface area contributed by atoms with Crippen molar-refractivity contribution in [1.29, 1.82) is 10.5 Å². The molecule has 19 heavy (non-hydrogen) atoms. The SMILES string of the molecule is N#CCCN(CCC#N)C(=O)c1ccnc(F)c1F. The molecule has 0 fully saturated rings. The lowest BCUT2D eigenvalue weighted by molar-refractivity contribution is 0.0756. The second-order valence-electron chi connectivity index (χ2n) is 3.57. The molecule has 7 heteroatoms. The average molecular weight is 264 g/mol. The molecule has 5 nitrogen and oxygen atoms in total. The molecular formula is C12H10F2N4O. The Labute approximate surface area is 108 Å². The van der Waals surface area contributed by atoms with Crippen LogP contribution in [0.25, 0.3) is 0 Å². The van der Waals surface area contributed by atoms with Gasteiger partial charge in [-0.2, -0.15) is 14.9 Å². The van der Waals surface area contributed by atoms with Gasteiger partial charge in [-0.3, -0.25) is 4.79 Å². The molecule has 1 amide bonds. The summed E-state index contributed by atoms with van der Waals surface area (Å²) < 4.78 is 26.4. The normalized spacial score (nSPS) is 9.47. The maximum absolute atomic E-state index is 13.4. The van der Waals surface area contributed by atoms with Gasteiger partial charge >= 0.3 is 0 Å². The Balaban J connectivity index is 2.95. The molecule has 1 heterocycles. The van der Waals surface area contributed by atoms with E-state index in [0.717, 1.165) is 17.2 Å². The van der Waals surface area contributed by atoms with Crippen LogP contribution in [0.3, 0.4) is 0 Å². The van der Waals surface area contributed by atoms with Crippen LogP contribution in [0, 0.1) is 34.4 Å². The summed E-state index contributed by atoms with van der Waals surface area (Å²) in [5.41, 5.74) is -0.455. The van der Waals surface area contributed by atoms with Gasteiger partial charge in [-0.05, 0) is 6.07 Å². The molecule has 0 atom stereocenters. The Morgan fingerprint density at radius 1 is 1.26 bits per heavy atom. The molecule has 0 unspecified atom stereocenters. The molecule has 0 spiro atoms. The molecule has 0 N–H and O–H groups in total. The fourth-order valence-electron chi connectivity index (χ4n) is 1.44. The third-order valence-electron chi connectivity index (χ3n) is 2.35. The van der Waals surface area contributed by atoms with Crippen LogP contribution in [0.15, 0.2) is 12.3 Å². The van der Waals surface area contributed by atoms with Gasteiger partial charge in [0.1, 0.15) is 0 Å². The monoisotopic (exact) mass is 264 g/mol. The second-order valence-corrected chi connectivity index (χ2v) is 3.57. The zero-order chi connectivity index (χ0) is 14.3.